The highest BCUT2D eigenvalue weighted by molar-refractivity contribution is 6.08. The molecule has 0 aliphatic carbocycles. The van der Waals surface area contributed by atoms with E-state index in [1.807, 2.05) is 67.6 Å². The first-order chi connectivity index (χ1) is 23.8. The van der Waals surface area contributed by atoms with E-state index in [4.69, 9.17) is 4.98 Å². The van der Waals surface area contributed by atoms with E-state index in [9.17, 15) is 14.7 Å². The number of piperazine rings is 1. The number of phenols is 1. The summed E-state index contributed by atoms with van der Waals surface area (Å²) in [5.41, 5.74) is 4.92. The zero-order valence-electron chi connectivity index (χ0n) is 28.0. The number of amides is 2. The van der Waals surface area contributed by atoms with Crippen molar-refractivity contribution in [3.8, 4) is 28.8 Å². The number of hydrogen-bond acceptors (Lipinski definition) is 8. The van der Waals surface area contributed by atoms with Crippen LogP contribution in [-0.4, -0.2) is 88.7 Å². The molecule has 2 N–H and O–H groups in total. The molecule has 1 aliphatic rings. The highest BCUT2D eigenvalue weighted by Crippen LogP contribution is 2.36. The van der Waals surface area contributed by atoms with Gasteiger partial charge in [-0.3, -0.25) is 19.5 Å². The van der Waals surface area contributed by atoms with E-state index in [1.54, 1.807) is 32.4 Å². The molecule has 0 saturated carbocycles. The molecular formula is C39H39N7O3. The fraction of sp³-hybridized carbons (Fsp3) is 0.256. The molecule has 0 bridgehead atoms. The lowest BCUT2D eigenvalue weighted by Crippen LogP contribution is -2.46. The Kier molecular flexibility index (Phi) is 10.1. The van der Waals surface area contributed by atoms with E-state index in [-0.39, 0.29) is 23.1 Å². The average Bonchev–Trinajstić information content (AvgIpc) is 3.14. The normalized spacial score (nSPS) is 13.1. The van der Waals surface area contributed by atoms with Crippen molar-refractivity contribution in [1.82, 2.24) is 30.3 Å². The second-order valence-corrected chi connectivity index (χ2v) is 12.2. The van der Waals surface area contributed by atoms with Gasteiger partial charge in [0.15, 0.2) is 11.5 Å². The summed E-state index contributed by atoms with van der Waals surface area (Å²) >= 11 is 0. The SMILES string of the molecule is CCCNC(=O)c1ccc(N2CCN(Cc3ccccc3C#Cc3ccc(-c4cc(C(=O)N(C)C)c(O)c5ccccc45)nc3)CC2)nn1. The molecule has 2 amide bonds. The van der Waals surface area contributed by atoms with Crippen LogP contribution in [0.2, 0.25) is 0 Å². The lowest BCUT2D eigenvalue weighted by molar-refractivity contribution is 0.0824. The molecule has 3 heterocycles. The molecule has 49 heavy (non-hydrogen) atoms. The van der Waals surface area contributed by atoms with E-state index in [2.05, 4.69) is 43.2 Å². The van der Waals surface area contributed by atoms with Gasteiger partial charge in [0.2, 0.25) is 0 Å². The number of rotatable bonds is 8. The van der Waals surface area contributed by atoms with Crippen LogP contribution in [0.15, 0.2) is 85.1 Å². The summed E-state index contributed by atoms with van der Waals surface area (Å²) in [4.78, 5) is 35.8. The van der Waals surface area contributed by atoms with Gasteiger partial charge < -0.3 is 20.2 Å². The van der Waals surface area contributed by atoms with Crippen LogP contribution in [0.1, 0.15) is 50.9 Å². The number of aromatic hydroxyl groups is 1. The van der Waals surface area contributed by atoms with Crippen LogP contribution >= 0.6 is 0 Å². The minimum absolute atomic E-state index is 0.0325. The van der Waals surface area contributed by atoms with Crippen LogP contribution in [0.5, 0.6) is 5.75 Å². The Morgan fingerprint density at radius 2 is 1.65 bits per heavy atom. The minimum Gasteiger partial charge on any atom is -0.506 e. The van der Waals surface area contributed by atoms with Crippen LogP contribution in [-0.2, 0) is 6.54 Å². The van der Waals surface area contributed by atoms with Crippen LogP contribution in [0, 0.1) is 11.8 Å². The van der Waals surface area contributed by atoms with Gasteiger partial charge >= 0.3 is 0 Å². The molecule has 3 aromatic carbocycles. The van der Waals surface area contributed by atoms with Crippen LogP contribution < -0.4 is 10.2 Å². The van der Waals surface area contributed by atoms with Crippen molar-refractivity contribution >= 4 is 28.4 Å². The third-order valence-electron chi connectivity index (χ3n) is 8.56. The molecule has 10 nitrogen and oxygen atoms in total. The number of nitrogens with one attached hydrogen (secondary N) is 1. The predicted molar refractivity (Wildman–Crippen MR) is 191 cm³/mol. The van der Waals surface area contributed by atoms with Gasteiger partial charge in [0.25, 0.3) is 11.8 Å². The zero-order chi connectivity index (χ0) is 34.3. The molecule has 1 saturated heterocycles. The van der Waals surface area contributed by atoms with Crippen molar-refractivity contribution in [2.24, 2.45) is 0 Å². The lowest BCUT2D eigenvalue weighted by atomic mass is 9.96. The maximum Gasteiger partial charge on any atom is 0.271 e. The van der Waals surface area contributed by atoms with Crippen molar-refractivity contribution in [2.75, 3.05) is 51.7 Å². The Bertz CT molecular complexity index is 2030. The van der Waals surface area contributed by atoms with Crippen molar-refractivity contribution in [1.29, 1.82) is 0 Å². The molecule has 10 heteroatoms. The Hall–Kier alpha value is -5.79. The molecule has 6 rings (SSSR count). The lowest BCUT2D eigenvalue weighted by Gasteiger charge is -2.35. The average molecular weight is 654 g/mol. The third-order valence-corrected chi connectivity index (χ3v) is 8.56. The minimum atomic E-state index is -0.277. The molecular weight excluding hydrogens is 614 g/mol. The first-order valence-corrected chi connectivity index (χ1v) is 16.4. The van der Waals surface area contributed by atoms with Crippen LogP contribution in [0.25, 0.3) is 22.0 Å². The largest absolute Gasteiger partial charge is 0.506 e. The summed E-state index contributed by atoms with van der Waals surface area (Å²) in [5.74, 6) is 6.90. The van der Waals surface area contributed by atoms with E-state index in [0.29, 0.717) is 23.3 Å². The zero-order valence-corrected chi connectivity index (χ0v) is 28.0. The first-order valence-electron chi connectivity index (χ1n) is 16.4. The summed E-state index contributed by atoms with van der Waals surface area (Å²) < 4.78 is 0. The number of aromatic nitrogens is 3. The number of benzene rings is 3. The van der Waals surface area contributed by atoms with Crippen LogP contribution in [0.4, 0.5) is 5.82 Å². The molecule has 0 atom stereocenters. The van der Waals surface area contributed by atoms with E-state index >= 15 is 0 Å². The van der Waals surface area contributed by atoms with Gasteiger partial charge in [-0.1, -0.05) is 61.2 Å². The Balaban J connectivity index is 1.13. The van der Waals surface area contributed by atoms with Crippen molar-refractivity contribution in [3.05, 3.63) is 113 Å². The quantitative estimate of drug-likeness (QED) is 0.226. The smallest absolute Gasteiger partial charge is 0.271 e. The number of hydrogen-bond donors (Lipinski definition) is 2. The Labute approximate surface area is 286 Å². The maximum absolute atomic E-state index is 12.9. The summed E-state index contributed by atoms with van der Waals surface area (Å²) in [6.07, 6.45) is 2.61. The first kappa shape index (κ1) is 33.1. The van der Waals surface area contributed by atoms with Crippen LogP contribution in [0.3, 0.4) is 0 Å². The monoisotopic (exact) mass is 653 g/mol. The molecule has 2 aromatic heterocycles. The van der Waals surface area contributed by atoms with Crippen molar-refractivity contribution in [3.63, 3.8) is 0 Å². The Morgan fingerprint density at radius 3 is 2.35 bits per heavy atom. The standard InChI is InChI=1S/C39H39N7O3/c1-4-19-40-38(48)35-17-18-36(43-42-35)46-22-20-45(21-23-46)26-29-10-6-5-9-28(29)15-13-27-14-16-34(41-25-27)32-24-33(39(49)44(2)3)37(47)31-12-8-7-11-30(31)32/h5-12,14,16-18,24-25,47H,4,19-23,26H2,1-3H3,(H,40,48). The molecule has 0 unspecified atom stereocenters. The number of carbonyl (C=O) groups excluding carboxylic acids is 2. The second-order valence-electron chi connectivity index (χ2n) is 12.2. The number of fused-ring (bicyclic) bond motifs is 1. The third kappa shape index (κ3) is 7.53. The van der Waals surface area contributed by atoms with Gasteiger partial charge in [0.1, 0.15) is 5.75 Å². The topological polar surface area (TPSA) is 115 Å². The highest BCUT2D eigenvalue weighted by atomic mass is 16.3. The molecule has 5 aromatic rings. The number of carbonyl (C=O) groups is 2. The van der Waals surface area contributed by atoms with E-state index < -0.39 is 0 Å². The summed E-state index contributed by atoms with van der Waals surface area (Å²) in [7, 11) is 3.33. The fourth-order valence-electron chi connectivity index (χ4n) is 5.84. The number of nitrogens with zero attached hydrogens (tertiary/aromatic N) is 6. The summed E-state index contributed by atoms with van der Waals surface area (Å²) in [6.45, 7) is 6.75. The predicted octanol–water partition coefficient (Wildman–Crippen LogP) is 4.96. The van der Waals surface area contributed by atoms with E-state index in [0.717, 1.165) is 72.6 Å². The van der Waals surface area contributed by atoms with Gasteiger partial charge in [0, 0.05) is 81.6 Å². The highest BCUT2D eigenvalue weighted by Gasteiger charge is 2.21. The molecule has 0 spiro atoms. The van der Waals surface area contributed by atoms with Gasteiger partial charge in [0.05, 0.1) is 11.3 Å². The van der Waals surface area contributed by atoms with Gasteiger partial charge in [-0.05, 0) is 53.8 Å². The Morgan fingerprint density at radius 1 is 0.898 bits per heavy atom. The second kappa shape index (κ2) is 15.0. The number of pyridine rings is 1. The number of phenolic OH excluding ortho intramolecular Hbond substituents is 1. The van der Waals surface area contributed by atoms with E-state index in [1.165, 1.54) is 4.90 Å². The number of anilines is 1. The van der Waals surface area contributed by atoms with Gasteiger partial charge in [-0.25, -0.2) is 0 Å². The van der Waals surface area contributed by atoms with Crippen molar-refractivity contribution in [2.45, 2.75) is 19.9 Å². The maximum atomic E-state index is 12.9. The summed E-state index contributed by atoms with van der Waals surface area (Å²) in [5, 5.41) is 23.6. The molecule has 1 fully saturated rings. The molecule has 1 aliphatic heterocycles. The van der Waals surface area contributed by atoms with Crippen molar-refractivity contribution < 1.29 is 14.7 Å². The summed E-state index contributed by atoms with van der Waals surface area (Å²) in [6, 6.07) is 24.8. The van der Waals surface area contributed by atoms with Gasteiger partial charge in [-0.15, -0.1) is 10.2 Å². The molecule has 248 valence electrons. The van der Waals surface area contributed by atoms with Gasteiger partial charge in [-0.2, -0.15) is 0 Å². The molecule has 0 radical (unpaired) electrons. The fourth-order valence-corrected chi connectivity index (χ4v) is 5.84.